The van der Waals surface area contributed by atoms with E-state index < -0.39 is 5.60 Å². The van der Waals surface area contributed by atoms with E-state index in [0.29, 0.717) is 18.6 Å². The minimum absolute atomic E-state index is 0.166. The lowest BCUT2D eigenvalue weighted by Crippen LogP contribution is -2.47. The van der Waals surface area contributed by atoms with Crippen LogP contribution < -0.4 is 5.32 Å². The van der Waals surface area contributed by atoms with Crippen molar-refractivity contribution < 1.29 is 14.6 Å². The van der Waals surface area contributed by atoms with Crippen molar-refractivity contribution in [3.63, 3.8) is 0 Å². The fourth-order valence-electron chi connectivity index (χ4n) is 3.80. The molecule has 1 aromatic carbocycles. The lowest BCUT2D eigenvalue weighted by atomic mass is 9.96. The van der Waals surface area contributed by atoms with E-state index in [2.05, 4.69) is 41.9 Å². The Bertz CT molecular complexity index is 820. The van der Waals surface area contributed by atoms with Gasteiger partial charge in [-0.25, -0.2) is 0 Å². The molecular formula is C21H28N2O3. The van der Waals surface area contributed by atoms with Crippen LogP contribution in [-0.2, 0) is 4.74 Å². The van der Waals surface area contributed by atoms with Crippen LogP contribution in [0, 0.1) is 27.7 Å². The molecule has 1 saturated heterocycles. The molecule has 1 aromatic heterocycles. The summed E-state index contributed by atoms with van der Waals surface area (Å²) in [5.41, 5.74) is 4.99. The number of aromatic nitrogens is 1. The van der Waals surface area contributed by atoms with Crippen LogP contribution in [0.4, 0.5) is 0 Å². The lowest BCUT2D eigenvalue weighted by Gasteiger charge is -2.26. The number of carbonyl (C=O) groups excluding carboxylic acids is 1. The van der Waals surface area contributed by atoms with Crippen LogP contribution in [0.2, 0.25) is 0 Å². The van der Waals surface area contributed by atoms with E-state index in [9.17, 15) is 9.90 Å². The second-order valence-corrected chi connectivity index (χ2v) is 7.52. The Labute approximate surface area is 155 Å². The molecule has 0 unspecified atom stereocenters. The third-order valence-electron chi connectivity index (χ3n) is 5.36. The Morgan fingerprint density at radius 3 is 2.46 bits per heavy atom. The molecule has 2 aromatic rings. The number of aryl methyl sites for hydroxylation is 3. The highest BCUT2D eigenvalue weighted by atomic mass is 16.5. The third-order valence-corrected chi connectivity index (χ3v) is 5.36. The molecule has 0 bridgehead atoms. The maximum atomic E-state index is 12.7. The van der Waals surface area contributed by atoms with E-state index in [-0.39, 0.29) is 18.6 Å². The maximum absolute atomic E-state index is 12.7. The summed E-state index contributed by atoms with van der Waals surface area (Å²) in [4.78, 5) is 12.7. The molecule has 1 fully saturated rings. The second kappa shape index (κ2) is 6.89. The Balaban J connectivity index is 1.84. The molecule has 2 N–H and O–H groups in total. The van der Waals surface area contributed by atoms with Crippen molar-refractivity contribution in [3.05, 3.63) is 52.3 Å². The maximum Gasteiger partial charge on any atom is 0.253 e. The summed E-state index contributed by atoms with van der Waals surface area (Å²) in [6.45, 7) is 10.7. The average molecular weight is 356 g/mol. The molecule has 0 radical (unpaired) electrons. The first-order valence-corrected chi connectivity index (χ1v) is 9.11. The molecule has 26 heavy (non-hydrogen) atoms. The van der Waals surface area contributed by atoms with Crippen LogP contribution in [0.25, 0.3) is 5.69 Å². The molecule has 0 saturated carbocycles. The van der Waals surface area contributed by atoms with Crippen molar-refractivity contribution in [1.29, 1.82) is 0 Å². The van der Waals surface area contributed by atoms with Gasteiger partial charge in [-0.2, -0.15) is 0 Å². The highest BCUT2D eigenvalue weighted by molar-refractivity contribution is 5.96. The summed E-state index contributed by atoms with van der Waals surface area (Å²) in [6.07, 6.45) is 0.265. The number of hydrogen-bond donors (Lipinski definition) is 2. The summed E-state index contributed by atoms with van der Waals surface area (Å²) < 4.78 is 7.53. The van der Waals surface area contributed by atoms with Crippen LogP contribution in [0.5, 0.6) is 0 Å². The van der Waals surface area contributed by atoms with Gasteiger partial charge < -0.3 is 19.7 Å². The van der Waals surface area contributed by atoms with Gasteiger partial charge in [-0.15, -0.1) is 0 Å². The van der Waals surface area contributed by atoms with Crippen LogP contribution in [0.3, 0.4) is 0 Å². The van der Waals surface area contributed by atoms with E-state index in [1.54, 1.807) is 0 Å². The standard InChI is InChI=1S/C21H28N2O3/c1-13-8-14(2)10-18(9-13)23-15(3)11-19(16(23)4)20(24)22-12-21(25)6-7-26-17(21)5/h8-11,17,25H,6-7,12H2,1-5H3,(H,22,24)/t17-,21+/m1/s1. The summed E-state index contributed by atoms with van der Waals surface area (Å²) in [5, 5.41) is 13.5. The summed E-state index contributed by atoms with van der Waals surface area (Å²) in [5.74, 6) is -0.166. The van der Waals surface area contributed by atoms with Gasteiger partial charge >= 0.3 is 0 Å². The summed E-state index contributed by atoms with van der Waals surface area (Å²) >= 11 is 0. The first-order valence-electron chi connectivity index (χ1n) is 9.11. The second-order valence-electron chi connectivity index (χ2n) is 7.52. The number of aliphatic hydroxyl groups is 1. The van der Waals surface area contributed by atoms with Gasteiger partial charge in [0.2, 0.25) is 0 Å². The van der Waals surface area contributed by atoms with Gasteiger partial charge in [-0.05, 0) is 63.9 Å². The number of benzene rings is 1. The third kappa shape index (κ3) is 3.41. The molecule has 5 heteroatoms. The Morgan fingerprint density at radius 1 is 1.23 bits per heavy atom. The van der Waals surface area contributed by atoms with Crippen molar-refractivity contribution in [1.82, 2.24) is 9.88 Å². The number of nitrogens with one attached hydrogen (secondary N) is 1. The molecule has 140 valence electrons. The highest BCUT2D eigenvalue weighted by Gasteiger charge is 2.39. The van der Waals surface area contributed by atoms with Gasteiger partial charge in [0.15, 0.2) is 0 Å². The first kappa shape index (κ1) is 18.7. The fraction of sp³-hybridized carbons (Fsp3) is 0.476. The van der Waals surface area contributed by atoms with E-state index in [0.717, 1.165) is 17.1 Å². The van der Waals surface area contributed by atoms with Crippen molar-refractivity contribution >= 4 is 5.91 Å². The van der Waals surface area contributed by atoms with Crippen molar-refractivity contribution in [2.75, 3.05) is 13.2 Å². The zero-order valence-corrected chi connectivity index (χ0v) is 16.2. The van der Waals surface area contributed by atoms with Crippen molar-refractivity contribution in [2.45, 2.75) is 52.7 Å². The number of amides is 1. The van der Waals surface area contributed by atoms with Gasteiger partial charge in [0, 0.05) is 36.6 Å². The minimum atomic E-state index is -0.991. The Hall–Kier alpha value is -2.11. The predicted molar refractivity (Wildman–Crippen MR) is 102 cm³/mol. The Kier molecular flexibility index (Phi) is 4.95. The number of nitrogens with zero attached hydrogens (tertiary/aromatic N) is 1. The SMILES string of the molecule is Cc1cc(C)cc(-n2c(C)cc(C(=O)NC[C@@]3(O)CCO[C@@H]3C)c2C)c1. The van der Waals surface area contributed by atoms with Gasteiger partial charge in [0.05, 0.1) is 11.7 Å². The van der Waals surface area contributed by atoms with Gasteiger partial charge in [0.25, 0.3) is 5.91 Å². The van der Waals surface area contributed by atoms with Crippen LogP contribution >= 0.6 is 0 Å². The van der Waals surface area contributed by atoms with Crippen LogP contribution in [0.15, 0.2) is 24.3 Å². The fourth-order valence-corrected chi connectivity index (χ4v) is 3.80. The zero-order valence-electron chi connectivity index (χ0n) is 16.2. The van der Waals surface area contributed by atoms with Gasteiger partial charge in [-0.3, -0.25) is 4.79 Å². The highest BCUT2D eigenvalue weighted by Crippen LogP contribution is 2.26. The zero-order chi connectivity index (χ0) is 19.1. The van der Waals surface area contributed by atoms with Gasteiger partial charge in [0.1, 0.15) is 5.60 Å². The largest absolute Gasteiger partial charge is 0.385 e. The Morgan fingerprint density at radius 2 is 1.88 bits per heavy atom. The molecule has 3 rings (SSSR count). The monoisotopic (exact) mass is 356 g/mol. The van der Waals surface area contributed by atoms with Crippen LogP contribution in [0.1, 0.15) is 46.2 Å². The molecule has 1 aliphatic heterocycles. The topological polar surface area (TPSA) is 63.5 Å². The molecule has 1 aliphatic rings. The van der Waals surface area contributed by atoms with E-state index >= 15 is 0 Å². The quantitative estimate of drug-likeness (QED) is 0.885. The molecule has 5 nitrogen and oxygen atoms in total. The van der Waals surface area contributed by atoms with E-state index in [1.807, 2.05) is 26.8 Å². The van der Waals surface area contributed by atoms with Crippen molar-refractivity contribution in [2.24, 2.45) is 0 Å². The lowest BCUT2D eigenvalue weighted by molar-refractivity contribution is -0.0251. The molecule has 2 atom stereocenters. The summed E-state index contributed by atoms with van der Waals surface area (Å²) in [7, 11) is 0. The number of rotatable bonds is 4. The molecule has 0 aliphatic carbocycles. The number of ether oxygens (including phenoxy) is 1. The predicted octanol–water partition coefficient (Wildman–Crippen LogP) is 2.98. The number of carbonyl (C=O) groups is 1. The number of hydrogen-bond acceptors (Lipinski definition) is 3. The molecule has 1 amide bonds. The van der Waals surface area contributed by atoms with E-state index in [4.69, 9.17) is 4.74 Å². The summed E-state index contributed by atoms with van der Waals surface area (Å²) in [6, 6.07) is 8.28. The smallest absolute Gasteiger partial charge is 0.253 e. The van der Waals surface area contributed by atoms with Crippen molar-refractivity contribution in [3.8, 4) is 5.69 Å². The van der Waals surface area contributed by atoms with Crippen LogP contribution in [-0.4, -0.2) is 40.4 Å². The molecule has 2 heterocycles. The average Bonchev–Trinajstić information content (AvgIpc) is 3.04. The molecule has 0 spiro atoms. The first-order chi connectivity index (χ1) is 12.2. The van der Waals surface area contributed by atoms with E-state index in [1.165, 1.54) is 11.1 Å². The van der Waals surface area contributed by atoms with Gasteiger partial charge in [-0.1, -0.05) is 6.07 Å². The minimum Gasteiger partial charge on any atom is -0.385 e. The normalized spacial score (nSPS) is 22.6. The molecular weight excluding hydrogens is 328 g/mol.